The zero-order valence-corrected chi connectivity index (χ0v) is 15.1. The third-order valence-electron chi connectivity index (χ3n) is 4.10. The molecule has 1 amide bonds. The summed E-state index contributed by atoms with van der Waals surface area (Å²) in [6.45, 7) is 5.95. The lowest BCUT2D eigenvalue weighted by Crippen LogP contribution is -2.11. The number of aryl methyl sites for hydroxylation is 2. The van der Waals surface area contributed by atoms with Crippen LogP contribution in [0.2, 0.25) is 0 Å². The Morgan fingerprint density at radius 1 is 0.923 bits per heavy atom. The van der Waals surface area contributed by atoms with Gasteiger partial charge in [0.15, 0.2) is 0 Å². The van der Waals surface area contributed by atoms with E-state index in [1.54, 1.807) is 19.1 Å². The molecule has 0 aliphatic heterocycles. The molecule has 1 heterocycles. The molecule has 0 bridgehead atoms. The van der Waals surface area contributed by atoms with Crippen molar-refractivity contribution in [2.24, 2.45) is 5.16 Å². The summed E-state index contributed by atoms with van der Waals surface area (Å²) < 4.78 is 2.18. The van der Waals surface area contributed by atoms with Crippen molar-refractivity contribution in [3.63, 3.8) is 0 Å². The first-order chi connectivity index (χ1) is 12.5. The van der Waals surface area contributed by atoms with E-state index < -0.39 is 6.09 Å². The minimum absolute atomic E-state index is 0.620. The minimum atomic E-state index is -0.620. The first-order valence-corrected chi connectivity index (χ1v) is 8.38. The maximum Gasteiger partial charge on any atom is 0.437 e. The molecule has 132 valence electrons. The Labute approximate surface area is 152 Å². The predicted octanol–water partition coefficient (Wildman–Crippen LogP) is 5.07. The van der Waals surface area contributed by atoms with Gasteiger partial charge in [0.05, 0.1) is 5.71 Å². The zero-order chi connectivity index (χ0) is 18.5. The third kappa shape index (κ3) is 4.00. The number of nitrogens with one attached hydrogen (secondary N) is 1. The highest BCUT2D eigenvalue weighted by molar-refractivity contribution is 5.99. The van der Waals surface area contributed by atoms with Gasteiger partial charge in [-0.2, -0.15) is 0 Å². The third-order valence-corrected chi connectivity index (χ3v) is 4.10. The summed E-state index contributed by atoms with van der Waals surface area (Å²) in [5.41, 5.74) is 5.63. The standard InChI is InChI=1S/C21H21N3O2/c1-15-9-10-16(2)24(15)20-13-11-18(12-14-20)17(3)23-26-21(25)22-19-7-5-4-6-8-19/h4-14H,1-3H3,(H,22,25)/b23-17-. The van der Waals surface area contributed by atoms with Crippen LogP contribution in [0.5, 0.6) is 0 Å². The Morgan fingerprint density at radius 3 is 2.15 bits per heavy atom. The van der Waals surface area contributed by atoms with E-state index in [0.717, 1.165) is 11.3 Å². The number of hydrogen-bond acceptors (Lipinski definition) is 3. The van der Waals surface area contributed by atoms with Crippen LogP contribution in [0.3, 0.4) is 0 Å². The number of hydrogen-bond donors (Lipinski definition) is 1. The Morgan fingerprint density at radius 2 is 1.54 bits per heavy atom. The number of aromatic nitrogens is 1. The number of carbonyl (C=O) groups is 1. The molecule has 0 aliphatic rings. The first-order valence-electron chi connectivity index (χ1n) is 8.38. The summed E-state index contributed by atoms with van der Waals surface area (Å²) in [5, 5.41) is 6.53. The number of anilines is 1. The summed E-state index contributed by atoms with van der Waals surface area (Å²) in [6.07, 6.45) is -0.620. The van der Waals surface area contributed by atoms with Gasteiger partial charge in [-0.3, -0.25) is 10.2 Å². The van der Waals surface area contributed by atoms with Gasteiger partial charge in [-0.15, -0.1) is 0 Å². The van der Waals surface area contributed by atoms with E-state index in [1.807, 2.05) is 42.5 Å². The Hall–Kier alpha value is -3.34. The fourth-order valence-corrected chi connectivity index (χ4v) is 2.75. The van der Waals surface area contributed by atoms with Crippen LogP contribution in [-0.2, 0) is 4.84 Å². The van der Waals surface area contributed by atoms with Crippen LogP contribution in [0.1, 0.15) is 23.9 Å². The number of carbonyl (C=O) groups excluding carboxylic acids is 1. The molecule has 3 rings (SSSR count). The van der Waals surface area contributed by atoms with Gasteiger partial charge < -0.3 is 4.57 Å². The molecule has 1 N–H and O–H groups in total. The molecule has 0 atom stereocenters. The molecule has 26 heavy (non-hydrogen) atoms. The van der Waals surface area contributed by atoms with Crippen LogP contribution in [-0.4, -0.2) is 16.4 Å². The second-order valence-corrected chi connectivity index (χ2v) is 6.04. The average Bonchev–Trinajstić information content (AvgIpc) is 2.99. The molecule has 3 aromatic rings. The number of oxime groups is 1. The SMILES string of the molecule is C/C(=N/OC(=O)Nc1ccccc1)c1ccc(-n2c(C)ccc2C)cc1. The molecule has 0 fully saturated rings. The van der Waals surface area contributed by atoms with Crippen LogP contribution < -0.4 is 5.32 Å². The average molecular weight is 347 g/mol. The highest BCUT2D eigenvalue weighted by Gasteiger charge is 2.06. The van der Waals surface area contributed by atoms with Crippen LogP contribution >= 0.6 is 0 Å². The molecule has 0 spiro atoms. The number of amides is 1. The van der Waals surface area contributed by atoms with E-state index in [9.17, 15) is 4.79 Å². The van der Waals surface area contributed by atoms with E-state index in [2.05, 4.69) is 41.0 Å². The van der Waals surface area contributed by atoms with Crippen molar-refractivity contribution in [2.75, 3.05) is 5.32 Å². The van der Waals surface area contributed by atoms with Gasteiger partial charge >= 0.3 is 6.09 Å². The Kier molecular flexibility index (Phi) is 5.17. The van der Waals surface area contributed by atoms with Crippen LogP contribution in [0.15, 0.2) is 71.9 Å². The van der Waals surface area contributed by atoms with Crippen molar-refractivity contribution in [3.05, 3.63) is 83.7 Å². The van der Waals surface area contributed by atoms with Crippen LogP contribution in [0.4, 0.5) is 10.5 Å². The molecular formula is C21H21N3O2. The van der Waals surface area contributed by atoms with E-state index >= 15 is 0 Å². The van der Waals surface area contributed by atoms with E-state index in [4.69, 9.17) is 4.84 Å². The summed E-state index contributed by atoms with van der Waals surface area (Å²) in [7, 11) is 0. The highest BCUT2D eigenvalue weighted by atomic mass is 16.7. The van der Waals surface area contributed by atoms with Gasteiger partial charge in [-0.1, -0.05) is 35.5 Å². The zero-order valence-electron chi connectivity index (χ0n) is 15.1. The summed E-state index contributed by atoms with van der Waals surface area (Å²) in [6, 6.07) is 21.3. The second-order valence-electron chi connectivity index (χ2n) is 6.04. The monoisotopic (exact) mass is 347 g/mol. The van der Waals surface area contributed by atoms with Crippen molar-refractivity contribution in [2.45, 2.75) is 20.8 Å². The fourth-order valence-electron chi connectivity index (χ4n) is 2.75. The number of para-hydroxylation sites is 1. The van der Waals surface area contributed by atoms with Crippen molar-refractivity contribution in [1.82, 2.24) is 4.57 Å². The molecule has 5 heteroatoms. The molecule has 0 radical (unpaired) electrons. The van der Waals surface area contributed by atoms with Crippen molar-refractivity contribution in [1.29, 1.82) is 0 Å². The lowest BCUT2D eigenvalue weighted by molar-refractivity contribution is 0.166. The Balaban J connectivity index is 1.67. The fraction of sp³-hybridized carbons (Fsp3) is 0.143. The lowest BCUT2D eigenvalue weighted by atomic mass is 10.1. The number of nitrogens with zero attached hydrogens (tertiary/aromatic N) is 2. The van der Waals surface area contributed by atoms with Gasteiger partial charge in [-0.05, 0) is 62.7 Å². The van der Waals surface area contributed by atoms with E-state index in [0.29, 0.717) is 11.4 Å². The summed E-state index contributed by atoms with van der Waals surface area (Å²) in [5.74, 6) is 0. The van der Waals surface area contributed by atoms with Gasteiger partial charge in [0.1, 0.15) is 0 Å². The normalized spacial score (nSPS) is 11.3. The lowest BCUT2D eigenvalue weighted by Gasteiger charge is -2.10. The van der Waals surface area contributed by atoms with Crippen molar-refractivity contribution < 1.29 is 9.63 Å². The largest absolute Gasteiger partial charge is 0.437 e. The maximum atomic E-state index is 11.8. The van der Waals surface area contributed by atoms with Crippen LogP contribution in [0, 0.1) is 13.8 Å². The van der Waals surface area contributed by atoms with E-state index in [-0.39, 0.29) is 0 Å². The Bertz CT molecular complexity index is 906. The highest BCUT2D eigenvalue weighted by Crippen LogP contribution is 2.17. The summed E-state index contributed by atoms with van der Waals surface area (Å²) in [4.78, 5) is 16.7. The van der Waals surface area contributed by atoms with Gasteiger partial charge in [0.25, 0.3) is 0 Å². The first kappa shape index (κ1) is 17.5. The molecule has 0 aliphatic carbocycles. The molecule has 0 saturated carbocycles. The van der Waals surface area contributed by atoms with Gasteiger partial charge in [-0.25, -0.2) is 4.79 Å². The van der Waals surface area contributed by atoms with Gasteiger partial charge in [0.2, 0.25) is 0 Å². The number of benzene rings is 2. The minimum Gasteiger partial charge on any atom is -0.319 e. The quantitative estimate of drug-likeness (QED) is 0.407. The molecule has 0 unspecified atom stereocenters. The predicted molar refractivity (Wildman–Crippen MR) is 104 cm³/mol. The molecule has 2 aromatic carbocycles. The molecule has 0 saturated heterocycles. The smallest absolute Gasteiger partial charge is 0.319 e. The molecular weight excluding hydrogens is 326 g/mol. The van der Waals surface area contributed by atoms with Crippen molar-refractivity contribution >= 4 is 17.5 Å². The second kappa shape index (κ2) is 7.70. The van der Waals surface area contributed by atoms with E-state index in [1.165, 1.54) is 11.4 Å². The topological polar surface area (TPSA) is 55.6 Å². The number of rotatable bonds is 4. The molecule has 1 aromatic heterocycles. The van der Waals surface area contributed by atoms with Gasteiger partial charge in [0, 0.05) is 22.8 Å². The summed E-state index contributed by atoms with van der Waals surface area (Å²) >= 11 is 0. The maximum absolute atomic E-state index is 11.8. The molecule has 5 nitrogen and oxygen atoms in total. The van der Waals surface area contributed by atoms with Crippen LogP contribution in [0.25, 0.3) is 5.69 Å². The van der Waals surface area contributed by atoms with Crippen molar-refractivity contribution in [3.8, 4) is 5.69 Å².